The molecule has 0 saturated carbocycles. The van der Waals surface area contributed by atoms with Gasteiger partial charge in [-0.3, -0.25) is 4.79 Å². The van der Waals surface area contributed by atoms with Crippen LogP contribution in [-0.2, 0) is 11.2 Å². The van der Waals surface area contributed by atoms with E-state index in [0.717, 1.165) is 12.0 Å². The van der Waals surface area contributed by atoms with Gasteiger partial charge in [-0.2, -0.15) is 0 Å². The maximum absolute atomic E-state index is 13.1. The van der Waals surface area contributed by atoms with Crippen molar-refractivity contribution < 1.29 is 13.9 Å². The molecule has 1 aromatic carbocycles. The van der Waals surface area contributed by atoms with Gasteiger partial charge in [-0.15, -0.1) is 0 Å². The van der Waals surface area contributed by atoms with Crippen LogP contribution in [-0.4, -0.2) is 12.4 Å². The summed E-state index contributed by atoms with van der Waals surface area (Å²) in [4.78, 5) is 12.1. The highest BCUT2D eigenvalue weighted by Gasteiger charge is 2.28. The Bertz CT molecular complexity index is 428. The number of carbonyl (C=O) groups is 1. The third-order valence-electron chi connectivity index (χ3n) is 3.43. The molecule has 2 atom stereocenters. The fraction of sp³-hybridized carbons (Fsp3) is 0.500. The Morgan fingerprint density at radius 1 is 1.59 bits per heavy atom. The van der Waals surface area contributed by atoms with Crippen LogP contribution in [0, 0.1) is 17.7 Å². The Hall–Kier alpha value is -1.38. The number of Topliss-reactive ketones (excluding diaryl/α,β-unsaturated/α-hetero) is 1. The van der Waals surface area contributed by atoms with Crippen molar-refractivity contribution in [3.05, 3.63) is 29.6 Å². The van der Waals surface area contributed by atoms with E-state index in [4.69, 9.17) is 4.74 Å². The summed E-state index contributed by atoms with van der Waals surface area (Å²) in [6.45, 7) is 4.35. The molecule has 0 fully saturated rings. The first-order valence-electron chi connectivity index (χ1n) is 6.06. The summed E-state index contributed by atoms with van der Waals surface area (Å²) in [5, 5.41) is 0. The number of ether oxygens (including phenoxy) is 1. The summed E-state index contributed by atoms with van der Waals surface area (Å²) in [6.07, 6.45) is 1.43. The molecular formula is C14H17FO2. The van der Waals surface area contributed by atoms with Crippen molar-refractivity contribution in [2.45, 2.75) is 26.7 Å². The molecule has 0 bridgehead atoms. The minimum atomic E-state index is -0.274. The Balaban J connectivity index is 2.15. The van der Waals surface area contributed by atoms with E-state index in [-0.39, 0.29) is 23.4 Å². The molecule has 0 amide bonds. The van der Waals surface area contributed by atoms with E-state index in [1.165, 1.54) is 12.1 Å². The molecule has 1 aliphatic heterocycles. The largest absolute Gasteiger partial charge is 0.493 e. The molecule has 1 aliphatic rings. The highest BCUT2D eigenvalue weighted by Crippen LogP contribution is 2.29. The second-order valence-corrected chi connectivity index (χ2v) is 4.68. The third kappa shape index (κ3) is 2.48. The lowest BCUT2D eigenvalue weighted by Crippen LogP contribution is -2.31. The predicted molar refractivity (Wildman–Crippen MR) is 63.6 cm³/mol. The summed E-state index contributed by atoms with van der Waals surface area (Å²) in [5.74, 6) is 0.587. The Labute approximate surface area is 101 Å². The lowest BCUT2D eigenvalue weighted by atomic mass is 9.86. The van der Waals surface area contributed by atoms with Crippen molar-refractivity contribution >= 4 is 5.78 Å². The molecule has 0 radical (unpaired) electrons. The molecule has 2 unspecified atom stereocenters. The number of halogens is 1. The van der Waals surface area contributed by atoms with Gasteiger partial charge < -0.3 is 4.74 Å². The zero-order valence-electron chi connectivity index (χ0n) is 10.2. The summed E-state index contributed by atoms with van der Waals surface area (Å²) < 4.78 is 18.6. The number of fused-ring (bicyclic) bond motifs is 1. The van der Waals surface area contributed by atoms with Crippen LogP contribution in [0.25, 0.3) is 0 Å². The highest BCUT2D eigenvalue weighted by atomic mass is 19.1. The third-order valence-corrected chi connectivity index (χ3v) is 3.43. The number of hydrogen-bond donors (Lipinski definition) is 0. The van der Waals surface area contributed by atoms with Crippen LogP contribution in [0.15, 0.2) is 18.2 Å². The quantitative estimate of drug-likeness (QED) is 0.806. The average molecular weight is 236 g/mol. The first-order valence-corrected chi connectivity index (χ1v) is 6.06. The SMILES string of the molecule is CCC(C)C(=O)C1COc2ccc(F)cc2C1. The first kappa shape index (κ1) is 12.1. The van der Waals surface area contributed by atoms with Gasteiger partial charge >= 0.3 is 0 Å². The monoisotopic (exact) mass is 236 g/mol. The number of rotatable bonds is 3. The zero-order chi connectivity index (χ0) is 12.4. The highest BCUT2D eigenvalue weighted by molar-refractivity contribution is 5.83. The Morgan fingerprint density at radius 3 is 3.06 bits per heavy atom. The van der Waals surface area contributed by atoms with E-state index >= 15 is 0 Å². The van der Waals surface area contributed by atoms with Crippen LogP contribution >= 0.6 is 0 Å². The second-order valence-electron chi connectivity index (χ2n) is 4.68. The standard InChI is InChI=1S/C14H17FO2/c1-3-9(2)14(16)11-6-10-7-12(15)4-5-13(10)17-8-11/h4-5,7,9,11H,3,6,8H2,1-2H3. The van der Waals surface area contributed by atoms with Crippen molar-refractivity contribution in [2.24, 2.45) is 11.8 Å². The molecule has 2 nitrogen and oxygen atoms in total. The lowest BCUT2D eigenvalue weighted by Gasteiger charge is -2.26. The van der Waals surface area contributed by atoms with Gasteiger partial charge in [-0.05, 0) is 36.6 Å². The number of hydrogen-bond acceptors (Lipinski definition) is 2. The average Bonchev–Trinajstić information content (AvgIpc) is 2.36. The fourth-order valence-corrected chi connectivity index (χ4v) is 2.15. The minimum absolute atomic E-state index is 0.0544. The molecule has 17 heavy (non-hydrogen) atoms. The minimum Gasteiger partial charge on any atom is -0.493 e. The molecule has 1 heterocycles. The van der Waals surface area contributed by atoms with Crippen LogP contribution in [0.4, 0.5) is 4.39 Å². The Morgan fingerprint density at radius 2 is 2.35 bits per heavy atom. The van der Waals surface area contributed by atoms with E-state index in [1.807, 2.05) is 13.8 Å². The van der Waals surface area contributed by atoms with Crippen molar-refractivity contribution in [1.29, 1.82) is 0 Å². The predicted octanol–water partition coefficient (Wildman–Crippen LogP) is 2.99. The van der Waals surface area contributed by atoms with Gasteiger partial charge in [0.25, 0.3) is 0 Å². The van der Waals surface area contributed by atoms with Gasteiger partial charge in [0, 0.05) is 5.92 Å². The molecule has 2 rings (SSSR count). The van der Waals surface area contributed by atoms with E-state index < -0.39 is 0 Å². The van der Waals surface area contributed by atoms with Crippen molar-refractivity contribution in [3.63, 3.8) is 0 Å². The number of benzene rings is 1. The van der Waals surface area contributed by atoms with Gasteiger partial charge in [-0.25, -0.2) is 4.39 Å². The first-order chi connectivity index (χ1) is 8.11. The molecule has 0 N–H and O–H groups in total. The second kappa shape index (κ2) is 4.86. The molecule has 0 aliphatic carbocycles. The molecule has 0 saturated heterocycles. The summed E-state index contributed by atoms with van der Waals surface area (Å²) in [6, 6.07) is 4.48. The van der Waals surface area contributed by atoms with Gasteiger partial charge in [0.05, 0.1) is 12.5 Å². The molecule has 1 aromatic rings. The van der Waals surface area contributed by atoms with Gasteiger partial charge in [0.1, 0.15) is 17.3 Å². The topological polar surface area (TPSA) is 26.3 Å². The molecule has 0 aromatic heterocycles. The molecule has 0 spiro atoms. The van der Waals surface area contributed by atoms with Crippen molar-refractivity contribution in [3.8, 4) is 5.75 Å². The maximum Gasteiger partial charge on any atom is 0.142 e. The summed E-state index contributed by atoms with van der Waals surface area (Å²) in [7, 11) is 0. The fourth-order valence-electron chi connectivity index (χ4n) is 2.15. The van der Waals surface area contributed by atoms with Crippen molar-refractivity contribution in [1.82, 2.24) is 0 Å². The van der Waals surface area contributed by atoms with Gasteiger partial charge in [0.15, 0.2) is 0 Å². The van der Waals surface area contributed by atoms with Crippen LogP contribution in [0.1, 0.15) is 25.8 Å². The van der Waals surface area contributed by atoms with Crippen LogP contribution in [0.5, 0.6) is 5.75 Å². The van der Waals surface area contributed by atoms with Gasteiger partial charge in [-0.1, -0.05) is 13.8 Å². The van der Waals surface area contributed by atoms with E-state index in [9.17, 15) is 9.18 Å². The van der Waals surface area contributed by atoms with Crippen LogP contribution < -0.4 is 4.74 Å². The smallest absolute Gasteiger partial charge is 0.142 e. The number of ketones is 1. The molecule has 92 valence electrons. The molecular weight excluding hydrogens is 219 g/mol. The van der Waals surface area contributed by atoms with E-state index in [2.05, 4.69) is 0 Å². The van der Waals surface area contributed by atoms with E-state index in [1.54, 1.807) is 6.07 Å². The zero-order valence-corrected chi connectivity index (χ0v) is 10.2. The number of carbonyl (C=O) groups excluding carboxylic acids is 1. The summed E-state index contributed by atoms with van der Waals surface area (Å²) in [5.41, 5.74) is 0.804. The summed E-state index contributed by atoms with van der Waals surface area (Å²) >= 11 is 0. The lowest BCUT2D eigenvalue weighted by molar-refractivity contribution is -0.127. The maximum atomic E-state index is 13.1. The van der Waals surface area contributed by atoms with Gasteiger partial charge in [0.2, 0.25) is 0 Å². The van der Waals surface area contributed by atoms with E-state index in [0.29, 0.717) is 18.8 Å². The van der Waals surface area contributed by atoms with Crippen LogP contribution in [0.2, 0.25) is 0 Å². The normalized spacial score (nSPS) is 20.3. The van der Waals surface area contributed by atoms with Crippen molar-refractivity contribution in [2.75, 3.05) is 6.61 Å². The Kier molecular flexibility index (Phi) is 3.46. The van der Waals surface area contributed by atoms with Crippen LogP contribution in [0.3, 0.4) is 0 Å². The molecule has 3 heteroatoms.